The molecule has 0 saturated carbocycles. The van der Waals surface area contributed by atoms with Crippen molar-refractivity contribution in [3.05, 3.63) is 34.6 Å². The predicted octanol–water partition coefficient (Wildman–Crippen LogP) is 1.47. The Morgan fingerprint density at radius 1 is 1.27 bits per heavy atom. The fourth-order valence-corrected chi connectivity index (χ4v) is 3.73. The molecule has 0 spiro atoms. The second-order valence-electron chi connectivity index (χ2n) is 8.14. The Bertz CT molecular complexity index is 905. The van der Waals surface area contributed by atoms with Crippen LogP contribution in [0.15, 0.2) is 29.1 Å². The van der Waals surface area contributed by atoms with Crippen molar-refractivity contribution in [3.8, 4) is 0 Å². The van der Waals surface area contributed by atoms with Crippen LogP contribution < -0.4 is 15.8 Å². The molecule has 1 atom stereocenters. The molecule has 0 aliphatic carbocycles. The van der Waals surface area contributed by atoms with Crippen molar-refractivity contribution < 1.29 is 9.53 Å². The minimum absolute atomic E-state index is 0.0342. The van der Waals surface area contributed by atoms with Crippen molar-refractivity contribution in [2.45, 2.75) is 38.8 Å². The van der Waals surface area contributed by atoms with Gasteiger partial charge in [0.15, 0.2) is 5.82 Å². The first-order chi connectivity index (χ1) is 14.5. The van der Waals surface area contributed by atoms with Gasteiger partial charge in [0, 0.05) is 32.1 Å². The van der Waals surface area contributed by atoms with Gasteiger partial charge in [-0.05, 0) is 52.5 Å². The molecule has 8 heteroatoms. The van der Waals surface area contributed by atoms with Crippen LogP contribution in [0.2, 0.25) is 0 Å². The Morgan fingerprint density at radius 2 is 2.00 bits per heavy atom. The third kappa shape index (κ3) is 5.79. The summed E-state index contributed by atoms with van der Waals surface area (Å²) in [5.41, 5.74) is 1.37. The largest absolute Gasteiger partial charge is 0.378 e. The number of aromatic nitrogens is 2. The van der Waals surface area contributed by atoms with E-state index in [1.54, 1.807) is 4.57 Å². The number of hydrogen-bond acceptors (Lipinski definition) is 6. The van der Waals surface area contributed by atoms with Crippen LogP contribution in [-0.2, 0) is 16.1 Å². The molecule has 1 aromatic heterocycles. The lowest BCUT2D eigenvalue weighted by atomic mass is 10.1. The number of aryl methyl sites for hydroxylation is 1. The van der Waals surface area contributed by atoms with Crippen molar-refractivity contribution in [2.75, 3.05) is 51.8 Å². The van der Waals surface area contributed by atoms with Crippen LogP contribution >= 0.6 is 0 Å². The van der Waals surface area contributed by atoms with E-state index in [-0.39, 0.29) is 23.9 Å². The highest BCUT2D eigenvalue weighted by Gasteiger charge is 2.19. The summed E-state index contributed by atoms with van der Waals surface area (Å²) >= 11 is 0. The SMILES string of the molecule is CC(CCCN(C)C)NC(=O)CCn1c(=O)c(N2CCOCC2)nc2ccccc21. The van der Waals surface area contributed by atoms with E-state index in [1.807, 2.05) is 50.2 Å². The normalized spacial score (nSPS) is 15.5. The maximum Gasteiger partial charge on any atom is 0.294 e. The Kier molecular flexibility index (Phi) is 7.81. The lowest BCUT2D eigenvalue weighted by Crippen LogP contribution is -2.41. The van der Waals surface area contributed by atoms with Crippen LogP contribution in [0.25, 0.3) is 11.0 Å². The van der Waals surface area contributed by atoms with Gasteiger partial charge in [0.25, 0.3) is 5.56 Å². The van der Waals surface area contributed by atoms with Gasteiger partial charge in [0.05, 0.1) is 24.2 Å². The molecule has 0 radical (unpaired) electrons. The standard InChI is InChI=1S/C22H33N5O3/c1-17(7-6-11-25(2)3)23-20(28)10-12-27-19-9-5-4-8-18(19)24-21(22(27)29)26-13-15-30-16-14-26/h4-5,8-9,17H,6-7,10-16H2,1-3H3,(H,23,28). The Hall–Kier alpha value is -2.45. The smallest absolute Gasteiger partial charge is 0.294 e. The van der Waals surface area contributed by atoms with Crippen LogP contribution in [0.1, 0.15) is 26.2 Å². The summed E-state index contributed by atoms with van der Waals surface area (Å²) in [6.45, 7) is 5.82. The second-order valence-corrected chi connectivity index (χ2v) is 8.14. The number of nitrogens with zero attached hydrogens (tertiary/aromatic N) is 4. The Balaban J connectivity index is 1.71. The fourth-order valence-electron chi connectivity index (χ4n) is 3.73. The summed E-state index contributed by atoms with van der Waals surface area (Å²) in [7, 11) is 4.09. The van der Waals surface area contributed by atoms with Crippen LogP contribution in [0, 0.1) is 0 Å². The van der Waals surface area contributed by atoms with E-state index < -0.39 is 0 Å². The molecule has 1 unspecified atom stereocenters. The molecule has 1 fully saturated rings. The predicted molar refractivity (Wildman–Crippen MR) is 119 cm³/mol. The summed E-state index contributed by atoms with van der Waals surface area (Å²) in [5.74, 6) is 0.405. The van der Waals surface area contributed by atoms with Crippen LogP contribution in [0.4, 0.5) is 5.82 Å². The molecule has 2 aromatic rings. The van der Waals surface area contributed by atoms with Gasteiger partial charge in [-0.1, -0.05) is 12.1 Å². The van der Waals surface area contributed by atoms with Gasteiger partial charge < -0.3 is 24.4 Å². The zero-order chi connectivity index (χ0) is 21.5. The molecule has 1 aliphatic rings. The number of carbonyl (C=O) groups excluding carboxylic acids is 1. The highest BCUT2D eigenvalue weighted by molar-refractivity contribution is 5.78. The number of amides is 1. The third-order valence-corrected chi connectivity index (χ3v) is 5.36. The molecule has 1 saturated heterocycles. The first-order valence-electron chi connectivity index (χ1n) is 10.7. The van der Waals surface area contributed by atoms with E-state index in [4.69, 9.17) is 4.74 Å². The number of ether oxygens (including phenoxy) is 1. The molecule has 30 heavy (non-hydrogen) atoms. The number of morpholine rings is 1. The highest BCUT2D eigenvalue weighted by Crippen LogP contribution is 2.16. The Morgan fingerprint density at radius 3 is 2.73 bits per heavy atom. The number of nitrogens with one attached hydrogen (secondary N) is 1. The van der Waals surface area contributed by atoms with Crippen LogP contribution in [-0.4, -0.2) is 73.3 Å². The first kappa shape index (κ1) is 22.2. The van der Waals surface area contributed by atoms with Crippen molar-refractivity contribution >= 4 is 22.8 Å². The molecular weight excluding hydrogens is 382 g/mol. The second kappa shape index (κ2) is 10.5. The van der Waals surface area contributed by atoms with E-state index >= 15 is 0 Å². The van der Waals surface area contributed by atoms with E-state index in [2.05, 4.69) is 15.2 Å². The molecule has 1 N–H and O–H groups in total. The van der Waals surface area contributed by atoms with Crippen molar-refractivity contribution in [2.24, 2.45) is 0 Å². The average molecular weight is 416 g/mol. The molecule has 8 nitrogen and oxygen atoms in total. The van der Waals surface area contributed by atoms with Crippen LogP contribution in [0.3, 0.4) is 0 Å². The van der Waals surface area contributed by atoms with E-state index in [0.29, 0.717) is 38.7 Å². The average Bonchev–Trinajstić information content (AvgIpc) is 2.73. The number of benzene rings is 1. The van der Waals surface area contributed by atoms with Gasteiger partial charge in [0.2, 0.25) is 5.91 Å². The van der Waals surface area contributed by atoms with Gasteiger partial charge in [-0.25, -0.2) is 4.98 Å². The molecule has 1 amide bonds. The summed E-state index contributed by atoms with van der Waals surface area (Å²) in [5, 5.41) is 3.05. The minimum Gasteiger partial charge on any atom is -0.378 e. The van der Waals surface area contributed by atoms with Crippen molar-refractivity contribution in [1.82, 2.24) is 19.8 Å². The summed E-state index contributed by atoms with van der Waals surface area (Å²) in [4.78, 5) is 34.4. The van der Waals surface area contributed by atoms with Crippen molar-refractivity contribution in [3.63, 3.8) is 0 Å². The number of carbonyl (C=O) groups is 1. The maximum atomic E-state index is 13.2. The lowest BCUT2D eigenvalue weighted by Gasteiger charge is -2.28. The fraction of sp³-hybridized carbons (Fsp3) is 0.591. The molecular formula is C22H33N5O3. The molecule has 1 aromatic carbocycles. The van der Waals surface area contributed by atoms with Gasteiger partial charge in [-0.3, -0.25) is 9.59 Å². The zero-order valence-electron chi connectivity index (χ0n) is 18.3. The first-order valence-corrected chi connectivity index (χ1v) is 10.7. The monoisotopic (exact) mass is 415 g/mol. The topological polar surface area (TPSA) is 79.7 Å². The maximum absolute atomic E-state index is 13.2. The quantitative estimate of drug-likeness (QED) is 0.668. The number of fused-ring (bicyclic) bond motifs is 1. The molecule has 2 heterocycles. The van der Waals surface area contributed by atoms with Crippen molar-refractivity contribution in [1.29, 1.82) is 0 Å². The summed E-state index contributed by atoms with van der Waals surface area (Å²) in [6, 6.07) is 7.71. The van der Waals surface area contributed by atoms with Gasteiger partial charge in [-0.15, -0.1) is 0 Å². The van der Waals surface area contributed by atoms with Crippen LogP contribution in [0.5, 0.6) is 0 Å². The molecule has 1 aliphatic heterocycles. The van der Waals surface area contributed by atoms with Gasteiger partial charge in [0.1, 0.15) is 0 Å². The molecule has 0 bridgehead atoms. The number of hydrogen-bond donors (Lipinski definition) is 1. The molecule has 164 valence electrons. The van der Waals surface area contributed by atoms with Gasteiger partial charge in [-0.2, -0.15) is 0 Å². The van der Waals surface area contributed by atoms with E-state index in [9.17, 15) is 9.59 Å². The van der Waals surface area contributed by atoms with Gasteiger partial charge >= 0.3 is 0 Å². The van der Waals surface area contributed by atoms with E-state index in [1.165, 1.54) is 0 Å². The Labute approximate surface area is 177 Å². The number of anilines is 1. The number of rotatable bonds is 9. The zero-order valence-corrected chi connectivity index (χ0v) is 18.3. The lowest BCUT2D eigenvalue weighted by molar-refractivity contribution is -0.121. The minimum atomic E-state index is -0.151. The molecule has 3 rings (SSSR count). The summed E-state index contributed by atoms with van der Waals surface area (Å²) in [6.07, 6.45) is 2.23. The summed E-state index contributed by atoms with van der Waals surface area (Å²) < 4.78 is 7.09. The van der Waals surface area contributed by atoms with E-state index in [0.717, 1.165) is 30.4 Å². The third-order valence-electron chi connectivity index (χ3n) is 5.36. The highest BCUT2D eigenvalue weighted by atomic mass is 16.5. The number of para-hydroxylation sites is 2.